The second-order valence-corrected chi connectivity index (χ2v) is 6.52. The summed E-state index contributed by atoms with van der Waals surface area (Å²) in [5, 5.41) is 14.1. The average Bonchev–Trinajstić information content (AvgIpc) is 3.11. The van der Waals surface area contributed by atoms with Crippen molar-refractivity contribution in [2.45, 2.75) is 19.8 Å². The van der Waals surface area contributed by atoms with Gasteiger partial charge in [-0.25, -0.2) is 4.98 Å². The number of hydrogen-bond acceptors (Lipinski definition) is 6. The van der Waals surface area contributed by atoms with Gasteiger partial charge in [-0.2, -0.15) is 10.1 Å². The molecule has 2 aromatic carbocycles. The smallest absolute Gasteiger partial charge is 0.406 e. The monoisotopic (exact) mass is 414 g/mol. The molecular weight excluding hydrogens is 397 g/mol. The SMILES string of the molecule is Cc1cc(Nc2nc(NCc3ccc(OC(F)(F)F)cc3)nc3ccccc23)n[nH]1. The summed E-state index contributed by atoms with van der Waals surface area (Å²) in [7, 11) is 0. The fraction of sp³-hybridized carbons (Fsp3) is 0.150. The molecule has 0 saturated heterocycles. The van der Waals surface area contributed by atoms with Crippen molar-refractivity contribution in [3.05, 3.63) is 65.9 Å². The number of para-hydroxylation sites is 1. The number of anilines is 3. The van der Waals surface area contributed by atoms with Crippen molar-refractivity contribution in [2.24, 2.45) is 0 Å². The number of rotatable bonds is 6. The van der Waals surface area contributed by atoms with Crippen LogP contribution >= 0.6 is 0 Å². The molecule has 0 unspecified atom stereocenters. The van der Waals surface area contributed by atoms with Gasteiger partial charge in [0, 0.05) is 23.7 Å². The lowest BCUT2D eigenvalue weighted by Gasteiger charge is -2.11. The van der Waals surface area contributed by atoms with Crippen molar-refractivity contribution >= 4 is 28.5 Å². The molecule has 3 N–H and O–H groups in total. The Bertz CT molecular complexity index is 1160. The van der Waals surface area contributed by atoms with E-state index in [1.54, 1.807) is 12.1 Å². The van der Waals surface area contributed by atoms with Crippen LogP contribution in [0.15, 0.2) is 54.6 Å². The number of benzene rings is 2. The Morgan fingerprint density at radius 3 is 2.50 bits per heavy atom. The fourth-order valence-corrected chi connectivity index (χ4v) is 2.84. The standard InChI is InChI=1S/C20H17F3N6O/c1-12-10-17(29-28-12)26-18-15-4-2-3-5-16(15)25-19(27-18)24-11-13-6-8-14(9-7-13)30-20(21,22)23/h2-10H,11H2,1H3,(H3,24,25,26,27,28,29). The van der Waals surface area contributed by atoms with Crippen LogP contribution in [0.4, 0.5) is 30.8 Å². The number of aryl methyl sites for hydroxylation is 1. The molecule has 7 nitrogen and oxygen atoms in total. The van der Waals surface area contributed by atoms with Crippen LogP contribution in [0.25, 0.3) is 10.9 Å². The largest absolute Gasteiger partial charge is 0.573 e. The Morgan fingerprint density at radius 1 is 1.03 bits per heavy atom. The normalized spacial score (nSPS) is 11.5. The van der Waals surface area contributed by atoms with Gasteiger partial charge in [0.15, 0.2) is 5.82 Å². The Hall–Kier alpha value is -3.82. The fourth-order valence-electron chi connectivity index (χ4n) is 2.84. The number of alkyl halides is 3. The molecule has 0 aliphatic rings. The quantitative estimate of drug-likeness (QED) is 0.415. The van der Waals surface area contributed by atoms with Gasteiger partial charge in [0.05, 0.1) is 5.52 Å². The van der Waals surface area contributed by atoms with E-state index >= 15 is 0 Å². The summed E-state index contributed by atoms with van der Waals surface area (Å²) >= 11 is 0. The van der Waals surface area contributed by atoms with Crippen molar-refractivity contribution in [2.75, 3.05) is 10.6 Å². The van der Waals surface area contributed by atoms with Crippen LogP contribution in [0.2, 0.25) is 0 Å². The van der Waals surface area contributed by atoms with Crippen molar-refractivity contribution < 1.29 is 17.9 Å². The summed E-state index contributed by atoms with van der Waals surface area (Å²) in [6, 6.07) is 15.0. The van der Waals surface area contributed by atoms with Crippen LogP contribution < -0.4 is 15.4 Å². The van der Waals surface area contributed by atoms with E-state index < -0.39 is 6.36 Å². The number of fused-ring (bicyclic) bond motifs is 1. The summed E-state index contributed by atoms with van der Waals surface area (Å²) in [6.07, 6.45) is -4.71. The van der Waals surface area contributed by atoms with Crippen molar-refractivity contribution in [1.29, 1.82) is 0 Å². The third-order valence-corrected chi connectivity index (χ3v) is 4.16. The summed E-state index contributed by atoms with van der Waals surface area (Å²) in [5.74, 6) is 1.32. The van der Waals surface area contributed by atoms with E-state index in [-0.39, 0.29) is 5.75 Å². The highest BCUT2D eigenvalue weighted by Gasteiger charge is 2.30. The van der Waals surface area contributed by atoms with Gasteiger partial charge in [-0.1, -0.05) is 24.3 Å². The van der Waals surface area contributed by atoms with Gasteiger partial charge < -0.3 is 15.4 Å². The van der Waals surface area contributed by atoms with E-state index in [1.807, 2.05) is 37.3 Å². The van der Waals surface area contributed by atoms with Crippen molar-refractivity contribution in [3.8, 4) is 5.75 Å². The first-order valence-corrected chi connectivity index (χ1v) is 9.00. The molecule has 0 amide bonds. The molecule has 0 saturated carbocycles. The first kappa shape index (κ1) is 19.5. The zero-order valence-electron chi connectivity index (χ0n) is 15.8. The van der Waals surface area contributed by atoms with Crippen molar-refractivity contribution in [1.82, 2.24) is 20.2 Å². The second kappa shape index (κ2) is 7.90. The molecule has 2 heterocycles. The van der Waals surface area contributed by atoms with E-state index in [1.165, 1.54) is 12.1 Å². The van der Waals surface area contributed by atoms with Crippen LogP contribution in [-0.4, -0.2) is 26.5 Å². The number of nitrogens with zero attached hydrogens (tertiary/aromatic N) is 3. The van der Waals surface area contributed by atoms with Crippen LogP contribution in [0.1, 0.15) is 11.3 Å². The molecule has 2 aromatic heterocycles. The average molecular weight is 414 g/mol. The van der Waals surface area contributed by atoms with Gasteiger partial charge in [-0.3, -0.25) is 5.10 Å². The van der Waals surface area contributed by atoms with Crippen LogP contribution in [0.5, 0.6) is 5.75 Å². The lowest BCUT2D eigenvalue weighted by molar-refractivity contribution is -0.274. The summed E-state index contributed by atoms with van der Waals surface area (Å²) in [5.41, 5.74) is 2.39. The second-order valence-electron chi connectivity index (χ2n) is 6.52. The van der Waals surface area contributed by atoms with Crippen LogP contribution in [-0.2, 0) is 6.54 Å². The van der Waals surface area contributed by atoms with Gasteiger partial charge >= 0.3 is 6.36 Å². The minimum absolute atomic E-state index is 0.269. The lowest BCUT2D eigenvalue weighted by atomic mass is 10.2. The zero-order valence-corrected chi connectivity index (χ0v) is 15.8. The van der Waals surface area contributed by atoms with E-state index in [2.05, 4.69) is 35.5 Å². The Kier molecular flexibility index (Phi) is 5.13. The highest BCUT2D eigenvalue weighted by atomic mass is 19.4. The van der Waals surface area contributed by atoms with Crippen LogP contribution in [0, 0.1) is 6.92 Å². The molecule has 0 radical (unpaired) electrons. The predicted molar refractivity (Wildman–Crippen MR) is 107 cm³/mol. The lowest BCUT2D eigenvalue weighted by Crippen LogP contribution is -2.17. The maximum absolute atomic E-state index is 12.3. The number of H-pyrrole nitrogens is 1. The highest BCUT2D eigenvalue weighted by Crippen LogP contribution is 2.25. The maximum Gasteiger partial charge on any atom is 0.573 e. The Balaban J connectivity index is 1.52. The molecule has 10 heteroatoms. The number of aromatic amines is 1. The van der Waals surface area contributed by atoms with E-state index in [4.69, 9.17) is 0 Å². The first-order chi connectivity index (χ1) is 14.4. The molecule has 4 aromatic rings. The molecule has 0 fully saturated rings. The summed E-state index contributed by atoms with van der Waals surface area (Å²) in [6.45, 7) is 2.22. The molecule has 0 aliphatic heterocycles. The van der Waals surface area contributed by atoms with Gasteiger partial charge in [0.2, 0.25) is 5.95 Å². The zero-order chi connectivity index (χ0) is 21.1. The first-order valence-electron chi connectivity index (χ1n) is 9.00. The molecule has 30 heavy (non-hydrogen) atoms. The molecular formula is C20H17F3N6O. The minimum Gasteiger partial charge on any atom is -0.406 e. The third kappa shape index (κ3) is 4.77. The van der Waals surface area contributed by atoms with Gasteiger partial charge in [-0.05, 0) is 36.8 Å². The van der Waals surface area contributed by atoms with E-state index in [9.17, 15) is 13.2 Å². The summed E-state index contributed by atoms with van der Waals surface area (Å²) < 4.78 is 40.7. The summed E-state index contributed by atoms with van der Waals surface area (Å²) in [4.78, 5) is 9.03. The van der Waals surface area contributed by atoms with Crippen molar-refractivity contribution in [3.63, 3.8) is 0 Å². The van der Waals surface area contributed by atoms with E-state index in [0.717, 1.165) is 22.2 Å². The molecule has 154 valence electrons. The predicted octanol–water partition coefficient (Wildman–Crippen LogP) is 4.92. The molecule has 0 spiro atoms. The Morgan fingerprint density at radius 2 is 1.80 bits per heavy atom. The number of ether oxygens (including phenoxy) is 1. The number of hydrogen-bond donors (Lipinski definition) is 3. The molecule has 0 atom stereocenters. The minimum atomic E-state index is -4.71. The molecule has 4 rings (SSSR count). The Labute approximate surface area is 169 Å². The van der Waals surface area contributed by atoms with Gasteiger partial charge in [0.1, 0.15) is 11.6 Å². The number of aromatic nitrogens is 4. The van der Waals surface area contributed by atoms with Gasteiger partial charge in [0.25, 0.3) is 0 Å². The number of halogens is 3. The topological polar surface area (TPSA) is 87.8 Å². The van der Waals surface area contributed by atoms with E-state index in [0.29, 0.717) is 24.1 Å². The molecule has 0 aliphatic carbocycles. The maximum atomic E-state index is 12.3. The van der Waals surface area contributed by atoms with Gasteiger partial charge in [-0.15, -0.1) is 13.2 Å². The molecule has 0 bridgehead atoms. The highest BCUT2D eigenvalue weighted by molar-refractivity contribution is 5.91. The number of nitrogens with one attached hydrogen (secondary N) is 3. The van der Waals surface area contributed by atoms with Crippen LogP contribution in [0.3, 0.4) is 0 Å². The third-order valence-electron chi connectivity index (χ3n) is 4.16.